The highest BCUT2D eigenvalue weighted by Gasteiger charge is 2.20. The van der Waals surface area contributed by atoms with Crippen molar-refractivity contribution in [3.05, 3.63) is 63.0 Å². The lowest BCUT2D eigenvalue weighted by molar-refractivity contribution is -0.385. The summed E-state index contributed by atoms with van der Waals surface area (Å²) in [5.74, 6) is -0.448. The van der Waals surface area contributed by atoms with E-state index in [1.165, 1.54) is 12.1 Å². The molecule has 0 atom stereocenters. The Labute approximate surface area is 120 Å². The van der Waals surface area contributed by atoms with E-state index in [1.54, 1.807) is 26.0 Å². The standard InChI is InChI=1S/C15H11FN2O3/c1-9-5-10(2)15(13(6-9)18(19)20)21-14-4-3-12(16)7-11(14)8-17/h3-7H,1-2H3. The third kappa shape index (κ3) is 2.98. The van der Waals surface area contributed by atoms with E-state index in [0.29, 0.717) is 5.56 Å². The zero-order chi connectivity index (χ0) is 15.6. The predicted molar refractivity (Wildman–Crippen MR) is 73.8 cm³/mol. The number of aryl methyl sites for hydroxylation is 2. The van der Waals surface area contributed by atoms with Crippen LogP contribution in [0.3, 0.4) is 0 Å². The Morgan fingerprint density at radius 2 is 2.00 bits per heavy atom. The molecule has 0 aliphatic carbocycles. The van der Waals surface area contributed by atoms with Crippen LogP contribution < -0.4 is 4.74 Å². The maximum absolute atomic E-state index is 13.1. The first-order valence-corrected chi connectivity index (χ1v) is 6.05. The van der Waals surface area contributed by atoms with Gasteiger partial charge in [0.1, 0.15) is 17.6 Å². The Morgan fingerprint density at radius 1 is 1.29 bits per heavy atom. The van der Waals surface area contributed by atoms with E-state index in [9.17, 15) is 14.5 Å². The third-order valence-corrected chi connectivity index (χ3v) is 2.87. The lowest BCUT2D eigenvalue weighted by atomic mass is 10.1. The summed E-state index contributed by atoms with van der Waals surface area (Å²) < 4.78 is 18.6. The van der Waals surface area contributed by atoms with Crippen LogP contribution in [0.25, 0.3) is 0 Å². The lowest BCUT2D eigenvalue weighted by Crippen LogP contribution is -1.98. The molecule has 0 bridgehead atoms. The SMILES string of the molecule is Cc1cc(C)c(Oc2ccc(F)cc2C#N)c([N+](=O)[O-])c1. The number of ether oxygens (including phenoxy) is 1. The average molecular weight is 286 g/mol. The second kappa shape index (κ2) is 5.59. The molecule has 0 fully saturated rings. The first kappa shape index (κ1) is 14.5. The van der Waals surface area contributed by atoms with Gasteiger partial charge in [-0.05, 0) is 43.2 Å². The molecule has 0 heterocycles. The molecule has 0 N–H and O–H groups in total. The number of nitrogens with zero attached hydrogens (tertiary/aromatic N) is 2. The molecule has 0 saturated heterocycles. The Hall–Kier alpha value is -2.94. The van der Waals surface area contributed by atoms with E-state index in [2.05, 4.69) is 0 Å². The molecule has 106 valence electrons. The molecule has 0 amide bonds. The maximum Gasteiger partial charge on any atom is 0.312 e. The van der Waals surface area contributed by atoms with E-state index in [-0.39, 0.29) is 22.7 Å². The molecular formula is C15H11FN2O3. The number of benzene rings is 2. The van der Waals surface area contributed by atoms with E-state index < -0.39 is 10.7 Å². The zero-order valence-electron chi connectivity index (χ0n) is 11.4. The normalized spacial score (nSPS) is 10.0. The first-order chi connectivity index (χ1) is 9.92. The number of halogens is 1. The van der Waals surface area contributed by atoms with E-state index in [4.69, 9.17) is 10.00 Å². The summed E-state index contributed by atoms with van der Waals surface area (Å²) in [6, 6.07) is 8.35. The largest absolute Gasteiger partial charge is 0.448 e. The fourth-order valence-corrected chi connectivity index (χ4v) is 1.99. The summed E-state index contributed by atoms with van der Waals surface area (Å²) in [7, 11) is 0. The van der Waals surface area contributed by atoms with E-state index in [1.807, 2.05) is 0 Å². The monoisotopic (exact) mass is 286 g/mol. The molecule has 0 aromatic heterocycles. The van der Waals surface area contributed by atoms with Crippen molar-refractivity contribution in [2.45, 2.75) is 13.8 Å². The lowest BCUT2D eigenvalue weighted by Gasteiger charge is -2.11. The molecule has 0 spiro atoms. The smallest absolute Gasteiger partial charge is 0.312 e. The van der Waals surface area contributed by atoms with Gasteiger partial charge in [-0.2, -0.15) is 5.26 Å². The topological polar surface area (TPSA) is 76.2 Å². The van der Waals surface area contributed by atoms with Crippen molar-refractivity contribution in [2.24, 2.45) is 0 Å². The van der Waals surface area contributed by atoms with Crippen LogP contribution in [0.2, 0.25) is 0 Å². The van der Waals surface area contributed by atoms with Crippen LogP contribution in [-0.2, 0) is 0 Å². The summed E-state index contributed by atoms with van der Waals surface area (Å²) in [5.41, 5.74) is 1.08. The van der Waals surface area contributed by atoms with Crippen LogP contribution >= 0.6 is 0 Å². The molecule has 0 saturated carbocycles. The highest BCUT2D eigenvalue weighted by molar-refractivity contribution is 5.56. The molecule has 6 heteroatoms. The van der Waals surface area contributed by atoms with Crippen molar-refractivity contribution in [3.63, 3.8) is 0 Å². The molecule has 2 aromatic carbocycles. The van der Waals surface area contributed by atoms with Gasteiger partial charge in [0.15, 0.2) is 0 Å². The number of nitro groups is 1. The van der Waals surface area contributed by atoms with Crippen LogP contribution in [0.1, 0.15) is 16.7 Å². The second-order valence-electron chi connectivity index (χ2n) is 4.54. The van der Waals surface area contributed by atoms with Gasteiger partial charge in [0, 0.05) is 6.07 Å². The molecule has 0 radical (unpaired) electrons. The van der Waals surface area contributed by atoms with Crippen molar-refractivity contribution in [1.29, 1.82) is 5.26 Å². The van der Waals surface area contributed by atoms with Crippen LogP contribution in [0.15, 0.2) is 30.3 Å². The summed E-state index contributed by atoms with van der Waals surface area (Å²) in [6.07, 6.45) is 0. The fraction of sp³-hybridized carbons (Fsp3) is 0.133. The van der Waals surface area contributed by atoms with Crippen LogP contribution in [-0.4, -0.2) is 4.92 Å². The van der Waals surface area contributed by atoms with Crippen molar-refractivity contribution in [2.75, 3.05) is 0 Å². The van der Waals surface area contributed by atoms with Gasteiger partial charge in [0.25, 0.3) is 0 Å². The molecule has 2 aromatic rings. The van der Waals surface area contributed by atoms with Gasteiger partial charge in [-0.3, -0.25) is 10.1 Å². The zero-order valence-corrected chi connectivity index (χ0v) is 11.4. The Bertz CT molecular complexity index is 766. The molecular weight excluding hydrogens is 275 g/mol. The first-order valence-electron chi connectivity index (χ1n) is 6.05. The third-order valence-electron chi connectivity index (χ3n) is 2.87. The number of rotatable bonds is 3. The molecule has 5 nitrogen and oxygen atoms in total. The van der Waals surface area contributed by atoms with Crippen LogP contribution in [0.5, 0.6) is 11.5 Å². The summed E-state index contributed by atoms with van der Waals surface area (Å²) >= 11 is 0. The summed E-state index contributed by atoms with van der Waals surface area (Å²) in [6.45, 7) is 3.41. The Morgan fingerprint density at radius 3 is 2.62 bits per heavy atom. The highest BCUT2D eigenvalue weighted by Crippen LogP contribution is 2.36. The fourth-order valence-electron chi connectivity index (χ4n) is 1.99. The minimum atomic E-state index is -0.575. The predicted octanol–water partition coefficient (Wildman–Crippen LogP) is 4.01. The number of nitro benzene ring substituents is 1. The average Bonchev–Trinajstić information content (AvgIpc) is 2.42. The molecule has 0 aliphatic rings. The maximum atomic E-state index is 13.1. The van der Waals surface area contributed by atoms with Gasteiger partial charge in [-0.15, -0.1) is 0 Å². The molecule has 2 rings (SSSR count). The van der Waals surface area contributed by atoms with Gasteiger partial charge in [-0.1, -0.05) is 6.07 Å². The highest BCUT2D eigenvalue weighted by atomic mass is 19.1. The van der Waals surface area contributed by atoms with Crippen molar-refractivity contribution in [1.82, 2.24) is 0 Å². The number of hydrogen-bond acceptors (Lipinski definition) is 4. The number of nitriles is 1. The number of hydrogen-bond donors (Lipinski definition) is 0. The van der Waals surface area contributed by atoms with Gasteiger partial charge in [-0.25, -0.2) is 4.39 Å². The Kier molecular flexibility index (Phi) is 3.85. The molecule has 21 heavy (non-hydrogen) atoms. The van der Waals surface area contributed by atoms with E-state index in [0.717, 1.165) is 17.7 Å². The summed E-state index contributed by atoms with van der Waals surface area (Å²) in [4.78, 5) is 10.6. The van der Waals surface area contributed by atoms with Gasteiger partial charge in [0.2, 0.25) is 5.75 Å². The minimum absolute atomic E-state index is 0.0238. The van der Waals surface area contributed by atoms with Gasteiger partial charge in [0.05, 0.1) is 10.5 Å². The van der Waals surface area contributed by atoms with Crippen molar-refractivity contribution >= 4 is 5.69 Å². The molecule has 0 unspecified atom stereocenters. The van der Waals surface area contributed by atoms with Crippen molar-refractivity contribution < 1.29 is 14.1 Å². The minimum Gasteiger partial charge on any atom is -0.448 e. The summed E-state index contributed by atoms with van der Waals surface area (Å²) in [5, 5.41) is 20.1. The van der Waals surface area contributed by atoms with Gasteiger partial charge >= 0.3 is 5.69 Å². The van der Waals surface area contributed by atoms with Crippen molar-refractivity contribution in [3.8, 4) is 17.6 Å². The Balaban J connectivity index is 2.55. The quantitative estimate of drug-likeness (QED) is 0.630. The van der Waals surface area contributed by atoms with Crippen LogP contribution in [0.4, 0.5) is 10.1 Å². The molecule has 0 aliphatic heterocycles. The van der Waals surface area contributed by atoms with Gasteiger partial charge < -0.3 is 4.74 Å². The van der Waals surface area contributed by atoms with E-state index >= 15 is 0 Å². The second-order valence-corrected chi connectivity index (χ2v) is 4.54. The van der Waals surface area contributed by atoms with Crippen LogP contribution in [0, 0.1) is 41.1 Å².